The van der Waals surface area contributed by atoms with Crippen molar-refractivity contribution >= 4 is 0 Å². The van der Waals surface area contributed by atoms with Crippen molar-refractivity contribution in [3.05, 3.63) is 72.2 Å². The average molecular weight is 246 g/mol. The fourth-order valence-corrected chi connectivity index (χ4v) is 1.48. The van der Waals surface area contributed by atoms with E-state index in [1.165, 1.54) is 11.6 Å². The molecule has 0 saturated carbocycles. The van der Waals surface area contributed by atoms with Crippen molar-refractivity contribution in [2.45, 2.75) is 27.7 Å². The molecule has 0 bridgehead atoms. The van der Waals surface area contributed by atoms with E-state index in [0.717, 1.165) is 11.1 Å². The van der Waals surface area contributed by atoms with E-state index in [9.17, 15) is 4.39 Å². The van der Waals surface area contributed by atoms with Crippen LogP contribution in [0.15, 0.2) is 72.2 Å². The molecule has 0 aromatic rings. The lowest BCUT2D eigenvalue weighted by Crippen LogP contribution is -1.90. The van der Waals surface area contributed by atoms with E-state index in [1.807, 2.05) is 26.0 Å². The van der Waals surface area contributed by atoms with Gasteiger partial charge in [-0.25, -0.2) is 4.39 Å². The fraction of sp³-hybridized carbons (Fsp3) is 0.294. The van der Waals surface area contributed by atoms with Crippen LogP contribution in [0.4, 0.5) is 4.39 Å². The van der Waals surface area contributed by atoms with Crippen LogP contribution in [-0.4, -0.2) is 0 Å². The van der Waals surface area contributed by atoms with Gasteiger partial charge in [0, 0.05) is 0 Å². The molecule has 0 unspecified atom stereocenters. The van der Waals surface area contributed by atoms with Crippen LogP contribution in [0.3, 0.4) is 0 Å². The maximum absolute atomic E-state index is 12.6. The smallest absolute Gasteiger partial charge is 0.116 e. The minimum Gasteiger partial charge on any atom is -0.208 e. The normalized spacial score (nSPS) is 13.9. The van der Waals surface area contributed by atoms with Gasteiger partial charge in [-0.15, -0.1) is 0 Å². The molecule has 0 radical (unpaired) electrons. The van der Waals surface area contributed by atoms with E-state index in [-0.39, 0.29) is 0 Å². The second kappa shape index (κ2) is 8.46. The summed E-state index contributed by atoms with van der Waals surface area (Å²) in [5.74, 6) is 0.0247. The van der Waals surface area contributed by atoms with Crippen molar-refractivity contribution in [1.82, 2.24) is 0 Å². The summed E-state index contributed by atoms with van der Waals surface area (Å²) >= 11 is 0. The van der Waals surface area contributed by atoms with E-state index in [2.05, 4.69) is 39.2 Å². The van der Waals surface area contributed by atoms with Crippen molar-refractivity contribution in [2.75, 3.05) is 0 Å². The molecule has 0 aliphatic rings. The minimum absolute atomic E-state index is 0.456. The maximum Gasteiger partial charge on any atom is 0.116 e. The van der Waals surface area contributed by atoms with Crippen molar-refractivity contribution in [3.63, 3.8) is 0 Å². The lowest BCUT2D eigenvalue weighted by molar-refractivity contribution is 0.671. The summed E-state index contributed by atoms with van der Waals surface area (Å²) in [6.07, 6.45) is 11.0. The molecule has 0 nitrogen and oxygen atoms in total. The quantitative estimate of drug-likeness (QED) is 0.528. The third-order valence-corrected chi connectivity index (χ3v) is 2.60. The molecule has 0 rings (SSSR count). The van der Waals surface area contributed by atoms with Crippen LogP contribution >= 0.6 is 0 Å². The molecule has 0 aliphatic heterocycles. The Morgan fingerprint density at radius 3 is 1.94 bits per heavy atom. The lowest BCUT2D eigenvalue weighted by atomic mass is 10.00. The first kappa shape index (κ1) is 16.4. The van der Waals surface area contributed by atoms with Gasteiger partial charge < -0.3 is 0 Å². The summed E-state index contributed by atoms with van der Waals surface area (Å²) in [6.45, 7) is 15.4. The SMILES string of the molecule is C=C(F)/C=C\C(=C/C)C(=C)/C=C\C(=C/C)C(C)C. The van der Waals surface area contributed by atoms with Crippen molar-refractivity contribution in [3.8, 4) is 0 Å². The van der Waals surface area contributed by atoms with E-state index in [1.54, 1.807) is 6.08 Å². The Hall–Kier alpha value is -1.63. The van der Waals surface area contributed by atoms with Gasteiger partial charge in [-0.05, 0) is 42.6 Å². The summed E-state index contributed by atoms with van der Waals surface area (Å²) in [5.41, 5.74) is 3.00. The predicted octanol–water partition coefficient (Wildman–Crippen LogP) is 5.69. The van der Waals surface area contributed by atoms with Crippen LogP contribution in [-0.2, 0) is 0 Å². The molecule has 1 heteroatoms. The zero-order valence-corrected chi connectivity index (χ0v) is 11.8. The third-order valence-electron chi connectivity index (χ3n) is 2.60. The highest BCUT2D eigenvalue weighted by molar-refractivity contribution is 5.46. The summed E-state index contributed by atoms with van der Waals surface area (Å²) in [6, 6.07) is 0. The van der Waals surface area contributed by atoms with E-state index in [0.29, 0.717) is 5.92 Å². The summed E-state index contributed by atoms with van der Waals surface area (Å²) < 4.78 is 12.6. The minimum atomic E-state index is -0.456. The largest absolute Gasteiger partial charge is 0.208 e. The van der Waals surface area contributed by atoms with Crippen molar-refractivity contribution in [2.24, 2.45) is 5.92 Å². The number of rotatable bonds is 6. The monoisotopic (exact) mass is 246 g/mol. The molecular formula is C17H23F. The lowest BCUT2D eigenvalue weighted by Gasteiger charge is -2.06. The van der Waals surface area contributed by atoms with E-state index < -0.39 is 5.83 Å². The molecule has 0 saturated heterocycles. The third kappa shape index (κ3) is 6.19. The predicted molar refractivity (Wildman–Crippen MR) is 80.0 cm³/mol. The average Bonchev–Trinajstić information content (AvgIpc) is 2.29. The molecule has 98 valence electrons. The van der Waals surface area contributed by atoms with Crippen molar-refractivity contribution < 1.29 is 4.39 Å². The van der Waals surface area contributed by atoms with Crippen LogP contribution in [0.5, 0.6) is 0 Å². The highest BCUT2D eigenvalue weighted by Crippen LogP contribution is 2.16. The zero-order valence-electron chi connectivity index (χ0n) is 11.8. The van der Waals surface area contributed by atoms with Gasteiger partial charge in [-0.1, -0.05) is 57.4 Å². The first-order valence-electron chi connectivity index (χ1n) is 6.14. The molecule has 0 heterocycles. The highest BCUT2D eigenvalue weighted by atomic mass is 19.1. The Morgan fingerprint density at radius 2 is 1.56 bits per heavy atom. The molecule has 0 spiro atoms. The van der Waals surface area contributed by atoms with Crippen LogP contribution < -0.4 is 0 Å². The second-order valence-corrected chi connectivity index (χ2v) is 4.33. The first-order chi connectivity index (χ1) is 8.42. The Morgan fingerprint density at radius 1 is 0.944 bits per heavy atom. The number of hydrogen-bond donors (Lipinski definition) is 0. The first-order valence-corrected chi connectivity index (χ1v) is 6.14. The van der Waals surface area contributed by atoms with E-state index in [4.69, 9.17) is 0 Å². The molecular weight excluding hydrogens is 223 g/mol. The Balaban J connectivity index is 4.85. The van der Waals surface area contributed by atoms with E-state index >= 15 is 0 Å². The van der Waals surface area contributed by atoms with Gasteiger partial charge in [0.25, 0.3) is 0 Å². The molecule has 0 amide bonds. The van der Waals surface area contributed by atoms with Crippen molar-refractivity contribution in [1.29, 1.82) is 0 Å². The summed E-state index contributed by atoms with van der Waals surface area (Å²) in [7, 11) is 0. The number of hydrogen-bond acceptors (Lipinski definition) is 0. The Bertz CT molecular complexity index is 415. The van der Waals surface area contributed by atoms with Gasteiger partial charge in [0.1, 0.15) is 5.83 Å². The maximum atomic E-state index is 12.6. The van der Waals surface area contributed by atoms with Crippen LogP contribution in [0, 0.1) is 5.92 Å². The van der Waals surface area contributed by atoms with Gasteiger partial charge in [-0.3, -0.25) is 0 Å². The van der Waals surface area contributed by atoms with Crippen LogP contribution in [0.2, 0.25) is 0 Å². The highest BCUT2D eigenvalue weighted by Gasteiger charge is 1.98. The number of halogens is 1. The fourth-order valence-electron chi connectivity index (χ4n) is 1.48. The molecule has 0 aliphatic carbocycles. The molecule has 0 atom stereocenters. The second-order valence-electron chi connectivity index (χ2n) is 4.33. The number of allylic oxidation sites excluding steroid dienone is 10. The van der Waals surface area contributed by atoms with Crippen LogP contribution in [0.25, 0.3) is 0 Å². The molecule has 0 aromatic carbocycles. The van der Waals surface area contributed by atoms with Gasteiger partial charge in [0.15, 0.2) is 0 Å². The Kier molecular flexibility index (Phi) is 7.69. The Labute approximate surface area is 111 Å². The van der Waals surface area contributed by atoms with Crippen LogP contribution in [0.1, 0.15) is 27.7 Å². The standard InChI is InChI=1S/C17H23F/c1-7-16(13(3)4)11-9-14(5)17(8-2)12-10-15(6)18/h7-13H,5-6H2,1-4H3/b11-9-,12-10-,16-7+,17-8+. The summed E-state index contributed by atoms with van der Waals surface area (Å²) in [4.78, 5) is 0. The van der Waals surface area contributed by atoms with Gasteiger partial charge >= 0.3 is 0 Å². The molecule has 0 fully saturated rings. The van der Waals surface area contributed by atoms with Gasteiger partial charge in [-0.2, -0.15) is 0 Å². The zero-order chi connectivity index (χ0) is 14.1. The summed E-state index contributed by atoms with van der Waals surface area (Å²) in [5, 5.41) is 0. The van der Waals surface area contributed by atoms with Gasteiger partial charge in [0.2, 0.25) is 0 Å². The molecule has 0 N–H and O–H groups in total. The molecule has 18 heavy (non-hydrogen) atoms. The molecule has 0 aromatic heterocycles. The topological polar surface area (TPSA) is 0 Å². The van der Waals surface area contributed by atoms with Gasteiger partial charge in [0.05, 0.1) is 0 Å².